The first-order valence-electron chi connectivity index (χ1n) is 11.5. The van der Waals surface area contributed by atoms with Crippen LogP contribution in [0, 0.1) is 0 Å². The van der Waals surface area contributed by atoms with Gasteiger partial charge in [0.2, 0.25) is 0 Å². The zero-order chi connectivity index (χ0) is 20.8. The molecule has 0 radical (unpaired) electrons. The maximum absolute atomic E-state index is 12.9. The average Bonchev–Trinajstić information content (AvgIpc) is 3.29. The van der Waals surface area contributed by atoms with Crippen molar-refractivity contribution in [3.05, 3.63) is 29.8 Å². The number of rotatable bonds is 7. The molecular formula is C23H35N3O4. The van der Waals surface area contributed by atoms with Gasteiger partial charge < -0.3 is 19.9 Å². The van der Waals surface area contributed by atoms with Crippen molar-refractivity contribution < 1.29 is 19.4 Å². The van der Waals surface area contributed by atoms with E-state index in [9.17, 15) is 9.90 Å². The van der Waals surface area contributed by atoms with Crippen LogP contribution in [0.25, 0.3) is 0 Å². The Morgan fingerprint density at radius 2 is 1.93 bits per heavy atom. The predicted octanol–water partition coefficient (Wildman–Crippen LogP) is 1.51. The number of aliphatic hydroxyl groups is 1. The zero-order valence-electron chi connectivity index (χ0n) is 17.8. The summed E-state index contributed by atoms with van der Waals surface area (Å²) < 4.78 is 11.3. The fourth-order valence-corrected chi connectivity index (χ4v) is 4.90. The molecule has 2 aliphatic heterocycles. The van der Waals surface area contributed by atoms with Gasteiger partial charge in [-0.1, -0.05) is 6.07 Å². The van der Waals surface area contributed by atoms with Crippen molar-refractivity contribution in [3.63, 3.8) is 0 Å². The van der Waals surface area contributed by atoms with Gasteiger partial charge in [0.1, 0.15) is 12.4 Å². The van der Waals surface area contributed by atoms with Crippen molar-refractivity contribution in [2.75, 3.05) is 52.5 Å². The highest BCUT2D eigenvalue weighted by atomic mass is 16.5. The molecule has 2 N–H and O–H groups in total. The summed E-state index contributed by atoms with van der Waals surface area (Å²) in [6, 6.07) is 7.22. The van der Waals surface area contributed by atoms with Crippen LogP contribution in [0.3, 0.4) is 0 Å². The lowest BCUT2D eigenvalue weighted by atomic mass is 9.86. The Bertz CT molecular complexity index is 689. The zero-order valence-corrected chi connectivity index (χ0v) is 17.8. The van der Waals surface area contributed by atoms with Gasteiger partial charge in [0, 0.05) is 31.2 Å². The van der Waals surface area contributed by atoms with Crippen molar-refractivity contribution in [2.24, 2.45) is 0 Å². The predicted molar refractivity (Wildman–Crippen MR) is 115 cm³/mol. The number of nitrogens with one attached hydrogen (secondary N) is 1. The van der Waals surface area contributed by atoms with Crippen molar-refractivity contribution in [1.82, 2.24) is 15.1 Å². The van der Waals surface area contributed by atoms with Crippen LogP contribution in [0.15, 0.2) is 24.3 Å². The molecule has 30 heavy (non-hydrogen) atoms. The van der Waals surface area contributed by atoms with Gasteiger partial charge in [0.25, 0.3) is 5.91 Å². The lowest BCUT2D eigenvalue weighted by Gasteiger charge is -2.43. The molecule has 166 valence electrons. The highest BCUT2D eigenvalue weighted by Gasteiger charge is 2.36. The number of hydrogen-bond donors (Lipinski definition) is 2. The minimum Gasteiger partial charge on any atom is -0.492 e. The molecule has 2 saturated heterocycles. The number of ether oxygens (including phenoxy) is 2. The Labute approximate surface area is 179 Å². The molecule has 1 aliphatic carbocycles. The van der Waals surface area contributed by atoms with Crippen molar-refractivity contribution in [2.45, 2.75) is 50.3 Å². The number of likely N-dealkylation sites (tertiary alicyclic amines) is 1. The fourth-order valence-electron chi connectivity index (χ4n) is 4.90. The van der Waals surface area contributed by atoms with Gasteiger partial charge >= 0.3 is 0 Å². The van der Waals surface area contributed by atoms with E-state index in [1.54, 1.807) is 12.1 Å². The standard InChI is InChI=1S/C23H35N3O4/c27-22-20(7-4-8-21(22)26-12-14-29-15-13-26)24-23(28)18-5-3-6-19(17-18)30-16-11-25-9-1-2-10-25/h3,5-6,17,20-22,27H,1-2,4,7-16H2,(H,24,28)/t20-,21-,22-/m1/s1. The Hall–Kier alpha value is -1.67. The molecule has 0 aromatic heterocycles. The third kappa shape index (κ3) is 5.52. The number of nitrogens with zero attached hydrogens (tertiary/aromatic N) is 2. The molecule has 1 aromatic carbocycles. The largest absolute Gasteiger partial charge is 0.492 e. The van der Waals surface area contributed by atoms with Crippen LogP contribution < -0.4 is 10.1 Å². The normalized spacial score (nSPS) is 28.4. The maximum atomic E-state index is 12.9. The molecule has 7 heteroatoms. The monoisotopic (exact) mass is 417 g/mol. The molecule has 3 aliphatic rings. The Morgan fingerprint density at radius 1 is 1.13 bits per heavy atom. The number of amides is 1. The second-order valence-corrected chi connectivity index (χ2v) is 8.64. The molecule has 3 atom stereocenters. The lowest BCUT2D eigenvalue weighted by Crippen LogP contribution is -2.58. The number of carbonyl (C=O) groups excluding carboxylic acids is 1. The summed E-state index contributed by atoms with van der Waals surface area (Å²) in [6.07, 6.45) is 4.77. The Balaban J connectivity index is 1.30. The first kappa shape index (κ1) is 21.6. The second-order valence-electron chi connectivity index (χ2n) is 8.64. The van der Waals surface area contributed by atoms with E-state index in [4.69, 9.17) is 9.47 Å². The molecule has 3 fully saturated rings. The smallest absolute Gasteiger partial charge is 0.251 e. The minimum absolute atomic E-state index is 0.0909. The van der Waals surface area contributed by atoms with Gasteiger partial charge in [-0.3, -0.25) is 14.6 Å². The van der Waals surface area contributed by atoms with Gasteiger partial charge in [0.15, 0.2) is 0 Å². The van der Waals surface area contributed by atoms with Crippen molar-refractivity contribution >= 4 is 5.91 Å². The van der Waals surface area contributed by atoms with Crippen LogP contribution in [-0.2, 0) is 4.74 Å². The summed E-state index contributed by atoms with van der Waals surface area (Å²) in [5, 5.41) is 14.0. The summed E-state index contributed by atoms with van der Waals surface area (Å²) in [7, 11) is 0. The number of morpholine rings is 1. The molecule has 4 rings (SSSR count). The summed E-state index contributed by atoms with van der Waals surface area (Å²) in [5.41, 5.74) is 0.578. The van der Waals surface area contributed by atoms with Crippen LogP contribution in [0.1, 0.15) is 42.5 Å². The molecule has 1 saturated carbocycles. The van der Waals surface area contributed by atoms with Crippen molar-refractivity contribution in [3.8, 4) is 5.75 Å². The molecule has 0 spiro atoms. The van der Waals surface area contributed by atoms with Crippen LogP contribution in [0.2, 0.25) is 0 Å². The van der Waals surface area contributed by atoms with Crippen LogP contribution >= 0.6 is 0 Å². The highest BCUT2D eigenvalue weighted by molar-refractivity contribution is 5.94. The van der Waals surface area contributed by atoms with E-state index in [2.05, 4.69) is 15.1 Å². The van der Waals surface area contributed by atoms with Gasteiger partial charge in [-0.05, 0) is 63.4 Å². The SMILES string of the molecule is O=C(N[C@@H]1CCC[C@@H](N2CCOCC2)[C@@H]1O)c1cccc(OCCN2CCCC2)c1. The van der Waals surface area contributed by atoms with E-state index in [0.29, 0.717) is 25.4 Å². The van der Waals surface area contributed by atoms with Crippen LogP contribution in [-0.4, -0.2) is 91.5 Å². The third-order valence-corrected chi connectivity index (χ3v) is 6.62. The Morgan fingerprint density at radius 3 is 2.73 bits per heavy atom. The number of hydrogen-bond acceptors (Lipinski definition) is 6. The Kier molecular flexibility index (Phi) is 7.60. The van der Waals surface area contributed by atoms with Crippen molar-refractivity contribution in [1.29, 1.82) is 0 Å². The van der Waals surface area contributed by atoms with Gasteiger partial charge in [-0.15, -0.1) is 0 Å². The molecule has 1 amide bonds. The lowest BCUT2D eigenvalue weighted by molar-refractivity contribution is -0.0459. The molecule has 0 bridgehead atoms. The molecule has 7 nitrogen and oxygen atoms in total. The first-order valence-corrected chi connectivity index (χ1v) is 11.5. The van der Waals surface area contributed by atoms with Gasteiger partial charge in [0.05, 0.1) is 25.4 Å². The van der Waals surface area contributed by atoms with E-state index in [1.807, 2.05) is 12.1 Å². The second kappa shape index (κ2) is 10.6. The fraction of sp³-hybridized carbons (Fsp3) is 0.696. The van der Waals surface area contributed by atoms with E-state index in [0.717, 1.165) is 57.7 Å². The molecular weight excluding hydrogens is 382 g/mol. The molecule has 2 heterocycles. The number of benzene rings is 1. The number of carbonyl (C=O) groups is 1. The number of aliphatic hydroxyl groups excluding tert-OH is 1. The van der Waals surface area contributed by atoms with E-state index in [1.165, 1.54) is 12.8 Å². The summed E-state index contributed by atoms with van der Waals surface area (Å²) in [6.45, 7) is 6.98. The van der Waals surface area contributed by atoms with E-state index >= 15 is 0 Å². The van der Waals surface area contributed by atoms with Crippen LogP contribution in [0.4, 0.5) is 0 Å². The summed E-state index contributed by atoms with van der Waals surface area (Å²) in [4.78, 5) is 17.6. The van der Waals surface area contributed by atoms with E-state index in [-0.39, 0.29) is 18.0 Å². The van der Waals surface area contributed by atoms with Gasteiger partial charge in [-0.2, -0.15) is 0 Å². The van der Waals surface area contributed by atoms with Crippen LogP contribution in [0.5, 0.6) is 5.75 Å². The quantitative estimate of drug-likeness (QED) is 0.701. The summed E-state index contributed by atoms with van der Waals surface area (Å²) >= 11 is 0. The minimum atomic E-state index is -0.555. The average molecular weight is 418 g/mol. The third-order valence-electron chi connectivity index (χ3n) is 6.62. The topological polar surface area (TPSA) is 74.3 Å². The van der Waals surface area contributed by atoms with E-state index < -0.39 is 6.10 Å². The molecule has 0 unspecified atom stereocenters. The maximum Gasteiger partial charge on any atom is 0.251 e. The first-order chi connectivity index (χ1) is 14.7. The molecule has 1 aromatic rings. The van der Waals surface area contributed by atoms with Gasteiger partial charge in [-0.25, -0.2) is 0 Å². The summed E-state index contributed by atoms with van der Waals surface area (Å²) in [5.74, 6) is 0.573. The highest BCUT2D eigenvalue weighted by Crippen LogP contribution is 2.25.